The maximum absolute atomic E-state index is 9.49. The standard InChI is InChI=1S/C17H20BrN5O/c1-10(2)15(9-24)22-16-13(18)8-20-17(23-16)21-12-3-4-14-11(7-12)5-6-19-14/h3-8,10,15,19,24H,9H2,1-2H3,(H2,20,21,22,23)/t15-/m0/s1. The van der Waals surface area contributed by atoms with Crippen LogP contribution in [-0.2, 0) is 0 Å². The van der Waals surface area contributed by atoms with E-state index in [0.717, 1.165) is 21.1 Å². The summed E-state index contributed by atoms with van der Waals surface area (Å²) >= 11 is 3.45. The molecule has 7 heteroatoms. The highest BCUT2D eigenvalue weighted by Crippen LogP contribution is 2.25. The topological polar surface area (TPSA) is 85.9 Å². The second-order valence-corrected chi connectivity index (χ2v) is 6.83. The first kappa shape index (κ1) is 16.7. The van der Waals surface area contributed by atoms with E-state index in [-0.39, 0.29) is 18.6 Å². The van der Waals surface area contributed by atoms with E-state index in [4.69, 9.17) is 0 Å². The number of aliphatic hydroxyl groups excluding tert-OH is 1. The van der Waals surface area contributed by atoms with Gasteiger partial charge < -0.3 is 20.7 Å². The molecule has 0 aliphatic carbocycles. The Morgan fingerprint density at radius 1 is 1.29 bits per heavy atom. The quantitative estimate of drug-likeness (QED) is 0.513. The largest absolute Gasteiger partial charge is 0.394 e. The molecule has 0 saturated carbocycles. The summed E-state index contributed by atoms with van der Waals surface area (Å²) in [6, 6.07) is 7.97. The first-order valence-corrected chi connectivity index (χ1v) is 8.60. The fraction of sp³-hybridized carbons (Fsp3) is 0.294. The lowest BCUT2D eigenvalue weighted by molar-refractivity contribution is 0.249. The number of nitrogens with zero attached hydrogens (tertiary/aromatic N) is 2. The van der Waals surface area contributed by atoms with Crippen molar-refractivity contribution in [3.63, 3.8) is 0 Å². The Bertz CT molecular complexity index is 833. The maximum Gasteiger partial charge on any atom is 0.229 e. The molecule has 3 rings (SSSR count). The number of aromatic amines is 1. The van der Waals surface area contributed by atoms with Crippen LogP contribution in [0.15, 0.2) is 41.1 Å². The van der Waals surface area contributed by atoms with Crippen LogP contribution in [-0.4, -0.2) is 32.7 Å². The van der Waals surface area contributed by atoms with Gasteiger partial charge in [-0.3, -0.25) is 0 Å². The summed E-state index contributed by atoms with van der Waals surface area (Å²) in [7, 11) is 0. The summed E-state index contributed by atoms with van der Waals surface area (Å²) in [4.78, 5) is 12.0. The van der Waals surface area contributed by atoms with Gasteiger partial charge in [0.15, 0.2) is 0 Å². The lowest BCUT2D eigenvalue weighted by atomic mass is 10.1. The van der Waals surface area contributed by atoms with Crippen molar-refractivity contribution < 1.29 is 5.11 Å². The molecular formula is C17H20BrN5O. The second-order valence-electron chi connectivity index (χ2n) is 5.97. The molecule has 24 heavy (non-hydrogen) atoms. The van der Waals surface area contributed by atoms with Crippen molar-refractivity contribution in [1.82, 2.24) is 15.0 Å². The highest BCUT2D eigenvalue weighted by Gasteiger charge is 2.15. The smallest absolute Gasteiger partial charge is 0.229 e. The van der Waals surface area contributed by atoms with Gasteiger partial charge in [-0.2, -0.15) is 4.98 Å². The summed E-state index contributed by atoms with van der Waals surface area (Å²) < 4.78 is 0.758. The van der Waals surface area contributed by atoms with Crippen molar-refractivity contribution in [2.45, 2.75) is 19.9 Å². The van der Waals surface area contributed by atoms with Crippen molar-refractivity contribution in [1.29, 1.82) is 0 Å². The van der Waals surface area contributed by atoms with Gasteiger partial charge in [0.1, 0.15) is 5.82 Å². The molecule has 0 unspecified atom stereocenters. The van der Waals surface area contributed by atoms with Crippen molar-refractivity contribution in [3.8, 4) is 0 Å². The Morgan fingerprint density at radius 3 is 2.88 bits per heavy atom. The number of anilines is 3. The van der Waals surface area contributed by atoms with Gasteiger partial charge in [-0.25, -0.2) is 4.98 Å². The lowest BCUT2D eigenvalue weighted by Crippen LogP contribution is -2.30. The number of aliphatic hydroxyl groups is 1. The zero-order valence-corrected chi connectivity index (χ0v) is 15.1. The minimum Gasteiger partial charge on any atom is -0.394 e. The number of nitrogens with one attached hydrogen (secondary N) is 3. The molecule has 4 N–H and O–H groups in total. The molecule has 0 bridgehead atoms. The molecule has 0 aliphatic rings. The monoisotopic (exact) mass is 389 g/mol. The number of aromatic nitrogens is 3. The van der Waals surface area contributed by atoms with Crippen molar-refractivity contribution in [2.24, 2.45) is 5.92 Å². The highest BCUT2D eigenvalue weighted by atomic mass is 79.9. The highest BCUT2D eigenvalue weighted by molar-refractivity contribution is 9.10. The molecule has 0 saturated heterocycles. The number of hydrogen-bond acceptors (Lipinski definition) is 5. The molecule has 0 aliphatic heterocycles. The van der Waals surface area contributed by atoms with Crippen LogP contribution in [0.1, 0.15) is 13.8 Å². The third kappa shape index (κ3) is 3.68. The van der Waals surface area contributed by atoms with Crippen LogP contribution >= 0.6 is 15.9 Å². The molecule has 0 spiro atoms. The molecule has 2 aromatic heterocycles. The number of benzene rings is 1. The Kier molecular flexibility index (Phi) is 5.01. The fourth-order valence-corrected chi connectivity index (χ4v) is 2.69. The predicted octanol–water partition coefficient (Wildman–Crippen LogP) is 3.89. The Morgan fingerprint density at radius 2 is 2.12 bits per heavy atom. The molecule has 1 aromatic carbocycles. The normalized spacial score (nSPS) is 12.5. The van der Waals surface area contributed by atoms with E-state index >= 15 is 0 Å². The van der Waals surface area contributed by atoms with E-state index in [1.165, 1.54) is 0 Å². The van der Waals surface area contributed by atoms with Crippen LogP contribution in [0.5, 0.6) is 0 Å². The number of H-pyrrole nitrogens is 1. The van der Waals surface area contributed by atoms with Crippen molar-refractivity contribution in [2.75, 3.05) is 17.2 Å². The van der Waals surface area contributed by atoms with Crippen molar-refractivity contribution in [3.05, 3.63) is 41.1 Å². The summed E-state index contributed by atoms with van der Waals surface area (Å²) in [5, 5.41) is 17.1. The summed E-state index contributed by atoms with van der Waals surface area (Å²) in [6.45, 7) is 4.14. The molecule has 1 atom stereocenters. The van der Waals surface area contributed by atoms with Gasteiger partial charge in [0.25, 0.3) is 0 Å². The second kappa shape index (κ2) is 7.19. The van der Waals surface area contributed by atoms with E-state index in [9.17, 15) is 5.11 Å². The molecule has 126 valence electrons. The Balaban J connectivity index is 1.82. The fourth-order valence-electron chi connectivity index (χ4n) is 2.39. The average molecular weight is 390 g/mol. The summed E-state index contributed by atoms with van der Waals surface area (Å²) in [5.74, 6) is 1.43. The third-order valence-electron chi connectivity index (χ3n) is 3.88. The molecular weight excluding hydrogens is 370 g/mol. The molecule has 2 heterocycles. The maximum atomic E-state index is 9.49. The minimum atomic E-state index is -0.0692. The van der Waals surface area contributed by atoms with Crippen LogP contribution in [0.2, 0.25) is 0 Å². The molecule has 6 nitrogen and oxygen atoms in total. The van der Waals surface area contributed by atoms with Gasteiger partial charge in [-0.15, -0.1) is 0 Å². The predicted molar refractivity (Wildman–Crippen MR) is 101 cm³/mol. The van der Waals surface area contributed by atoms with Gasteiger partial charge >= 0.3 is 0 Å². The molecule has 0 fully saturated rings. The van der Waals surface area contributed by atoms with E-state index < -0.39 is 0 Å². The number of fused-ring (bicyclic) bond motifs is 1. The van der Waals surface area contributed by atoms with E-state index in [1.807, 2.05) is 44.3 Å². The van der Waals surface area contributed by atoms with Gasteiger partial charge in [-0.1, -0.05) is 13.8 Å². The van der Waals surface area contributed by atoms with Crippen LogP contribution < -0.4 is 10.6 Å². The van der Waals surface area contributed by atoms with E-state index in [1.54, 1.807) is 6.20 Å². The number of halogens is 1. The minimum absolute atomic E-state index is 0.0427. The summed E-state index contributed by atoms with van der Waals surface area (Å²) in [6.07, 6.45) is 3.61. The Labute approximate surface area is 148 Å². The zero-order chi connectivity index (χ0) is 17.1. The van der Waals surface area contributed by atoms with Gasteiger partial charge in [-0.05, 0) is 46.1 Å². The van der Waals surface area contributed by atoms with E-state index in [0.29, 0.717) is 11.8 Å². The van der Waals surface area contributed by atoms with Crippen molar-refractivity contribution >= 4 is 44.3 Å². The van der Waals surface area contributed by atoms with Gasteiger partial charge in [0.05, 0.1) is 17.1 Å². The summed E-state index contributed by atoms with van der Waals surface area (Å²) in [5.41, 5.74) is 2.00. The molecule has 3 aromatic rings. The first-order chi connectivity index (χ1) is 11.6. The lowest BCUT2D eigenvalue weighted by Gasteiger charge is -2.21. The third-order valence-corrected chi connectivity index (χ3v) is 4.46. The van der Waals surface area contributed by atoms with Gasteiger partial charge in [0.2, 0.25) is 5.95 Å². The van der Waals surface area contributed by atoms with Crippen LogP contribution in [0.4, 0.5) is 17.5 Å². The molecule has 0 amide bonds. The van der Waals surface area contributed by atoms with Crippen LogP contribution in [0.25, 0.3) is 10.9 Å². The molecule has 0 radical (unpaired) electrons. The van der Waals surface area contributed by atoms with Crippen LogP contribution in [0, 0.1) is 5.92 Å². The first-order valence-electron chi connectivity index (χ1n) is 7.81. The SMILES string of the molecule is CC(C)[C@H](CO)Nc1nc(Nc2ccc3[nH]ccc3c2)ncc1Br. The van der Waals surface area contributed by atoms with E-state index in [2.05, 4.69) is 41.5 Å². The van der Waals surface area contributed by atoms with Gasteiger partial charge in [0, 0.05) is 29.0 Å². The van der Waals surface area contributed by atoms with Crippen LogP contribution in [0.3, 0.4) is 0 Å². The average Bonchev–Trinajstić information content (AvgIpc) is 3.02. The zero-order valence-electron chi connectivity index (χ0n) is 13.5. The number of rotatable bonds is 6. The number of hydrogen-bond donors (Lipinski definition) is 4. The Hall–Kier alpha value is -2.12.